The number of aromatic nitrogens is 2. The molecule has 1 fully saturated rings. The summed E-state index contributed by atoms with van der Waals surface area (Å²) in [6, 6.07) is 4.95. The van der Waals surface area contributed by atoms with Gasteiger partial charge in [-0.1, -0.05) is 0 Å². The van der Waals surface area contributed by atoms with Crippen LogP contribution < -0.4 is 5.56 Å². The van der Waals surface area contributed by atoms with Crippen molar-refractivity contribution in [2.75, 3.05) is 20.2 Å². The molecule has 116 valence electrons. The number of carbonyl (C=O) groups excluding carboxylic acids is 1. The Bertz CT molecular complexity index is 821. The van der Waals surface area contributed by atoms with E-state index < -0.39 is 0 Å². The molecule has 1 unspecified atom stereocenters. The fraction of sp³-hybridized carbons (Fsp3) is 0.400. The highest BCUT2D eigenvalue weighted by Crippen LogP contribution is 2.15. The number of hydrogen-bond acceptors (Lipinski definition) is 4. The van der Waals surface area contributed by atoms with Gasteiger partial charge in [0.25, 0.3) is 11.5 Å². The molecule has 22 heavy (non-hydrogen) atoms. The van der Waals surface area contributed by atoms with Crippen LogP contribution in [0.2, 0.25) is 0 Å². The third-order valence-corrected chi connectivity index (χ3v) is 4.04. The molecule has 1 aliphatic heterocycles. The van der Waals surface area contributed by atoms with Crippen LogP contribution in [0.25, 0.3) is 10.9 Å². The lowest BCUT2D eigenvalue weighted by atomic mass is 10.1. The molecule has 3 rings (SSSR count). The maximum Gasteiger partial charge on any atom is 0.259 e. The Balaban J connectivity index is 1.87. The molecule has 0 saturated carbocycles. The number of nitrogens with one attached hydrogen (secondary N) is 2. The number of aromatic amines is 2. The smallest absolute Gasteiger partial charge is 0.259 e. The average Bonchev–Trinajstić information content (AvgIpc) is 2.98. The highest BCUT2D eigenvalue weighted by Gasteiger charge is 2.21. The first kappa shape index (κ1) is 14.9. The van der Waals surface area contributed by atoms with E-state index in [9.17, 15) is 9.59 Å². The van der Waals surface area contributed by atoms with Crippen molar-refractivity contribution in [3.63, 3.8) is 0 Å². The molecule has 0 radical (unpaired) electrons. The molecular weight excluding hydrogens is 302 g/mol. The normalized spacial score (nSPS) is 17.8. The first-order valence-electron chi connectivity index (χ1n) is 7.18. The van der Waals surface area contributed by atoms with Gasteiger partial charge in [-0.05, 0) is 43.3 Å². The van der Waals surface area contributed by atoms with E-state index in [2.05, 4.69) is 9.97 Å². The molecule has 7 heteroatoms. The van der Waals surface area contributed by atoms with Crippen LogP contribution in [0, 0.1) is 4.77 Å². The molecule has 1 saturated heterocycles. The number of H-pyrrole nitrogens is 2. The minimum Gasteiger partial charge on any atom is -0.376 e. The van der Waals surface area contributed by atoms with E-state index in [1.54, 1.807) is 30.1 Å². The summed E-state index contributed by atoms with van der Waals surface area (Å²) in [5, 5.41) is 0.479. The fourth-order valence-electron chi connectivity index (χ4n) is 2.70. The standard InChI is InChI=1S/C15H17N3O3S/c1-18(8-10-3-2-6-21-10)14(20)9-4-5-11-12(7-9)16-15(22)17-13(11)19/h4-5,7,10H,2-3,6,8H2,1H3,(H2,16,17,19,22). The molecule has 6 nitrogen and oxygen atoms in total. The van der Waals surface area contributed by atoms with Crippen LogP contribution in [-0.2, 0) is 4.74 Å². The zero-order chi connectivity index (χ0) is 15.7. The lowest BCUT2D eigenvalue weighted by Gasteiger charge is -2.21. The minimum absolute atomic E-state index is 0.1000. The Morgan fingerprint density at radius 3 is 3.00 bits per heavy atom. The molecule has 0 aliphatic carbocycles. The van der Waals surface area contributed by atoms with Crippen molar-refractivity contribution in [3.05, 3.63) is 38.9 Å². The Hall–Kier alpha value is -1.99. The molecule has 1 amide bonds. The van der Waals surface area contributed by atoms with Crippen molar-refractivity contribution in [1.82, 2.24) is 14.9 Å². The second-order valence-electron chi connectivity index (χ2n) is 5.49. The summed E-state index contributed by atoms with van der Waals surface area (Å²) in [5.41, 5.74) is 0.819. The van der Waals surface area contributed by atoms with Crippen LogP contribution >= 0.6 is 12.2 Å². The number of hydrogen-bond donors (Lipinski definition) is 2. The van der Waals surface area contributed by atoms with Gasteiger partial charge in [0.2, 0.25) is 0 Å². The monoisotopic (exact) mass is 319 g/mol. The number of nitrogens with zero attached hydrogens (tertiary/aromatic N) is 1. The zero-order valence-corrected chi connectivity index (χ0v) is 13.0. The molecule has 2 heterocycles. The average molecular weight is 319 g/mol. The summed E-state index contributed by atoms with van der Waals surface area (Å²) >= 11 is 4.96. The van der Waals surface area contributed by atoms with Crippen molar-refractivity contribution in [2.24, 2.45) is 0 Å². The number of likely N-dealkylation sites (N-methyl/N-ethyl adjacent to an activating group) is 1. The summed E-state index contributed by atoms with van der Waals surface area (Å²) < 4.78 is 5.80. The van der Waals surface area contributed by atoms with Crippen LogP contribution in [0.4, 0.5) is 0 Å². The van der Waals surface area contributed by atoms with Gasteiger partial charge < -0.3 is 14.6 Å². The number of ether oxygens (including phenoxy) is 1. The van der Waals surface area contributed by atoms with Crippen molar-refractivity contribution >= 4 is 29.0 Å². The zero-order valence-electron chi connectivity index (χ0n) is 12.2. The maximum atomic E-state index is 12.5. The molecule has 2 aromatic rings. The topological polar surface area (TPSA) is 78.2 Å². The van der Waals surface area contributed by atoms with Gasteiger partial charge in [-0.2, -0.15) is 0 Å². The molecule has 0 bridgehead atoms. The van der Waals surface area contributed by atoms with E-state index in [1.807, 2.05) is 0 Å². The summed E-state index contributed by atoms with van der Waals surface area (Å²) in [5.74, 6) is -0.1000. The Morgan fingerprint density at radius 2 is 2.27 bits per heavy atom. The van der Waals surface area contributed by atoms with Crippen LogP contribution in [0.15, 0.2) is 23.0 Å². The largest absolute Gasteiger partial charge is 0.376 e. The van der Waals surface area contributed by atoms with Crippen molar-refractivity contribution in [2.45, 2.75) is 18.9 Å². The second-order valence-corrected chi connectivity index (χ2v) is 5.90. The Morgan fingerprint density at radius 1 is 1.45 bits per heavy atom. The van der Waals surface area contributed by atoms with Gasteiger partial charge in [0.15, 0.2) is 4.77 Å². The van der Waals surface area contributed by atoms with Gasteiger partial charge in [-0.25, -0.2) is 0 Å². The number of rotatable bonds is 3. The Kier molecular flexibility index (Phi) is 4.08. The SMILES string of the molecule is CN(CC1CCCO1)C(=O)c1ccc2c(=O)[nH]c(=S)[nH]c2c1. The van der Waals surface area contributed by atoms with Crippen molar-refractivity contribution in [3.8, 4) is 0 Å². The molecule has 1 atom stereocenters. The van der Waals surface area contributed by atoms with Gasteiger partial charge in [-0.15, -0.1) is 0 Å². The third-order valence-electron chi connectivity index (χ3n) is 3.83. The lowest BCUT2D eigenvalue weighted by molar-refractivity contribution is 0.0587. The van der Waals surface area contributed by atoms with Gasteiger partial charge in [0, 0.05) is 25.8 Å². The van der Waals surface area contributed by atoms with Gasteiger partial charge in [0.1, 0.15) is 0 Å². The van der Waals surface area contributed by atoms with E-state index >= 15 is 0 Å². The summed E-state index contributed by atoms with van der Waals surface area (Å²) in [6.45, 7) is 1.34. The summed E-state index contributed by atoms with van der Waals surface area (Å²) in [7, 11) is 1.76. The van der Waals surface area contributed by atoms with Crippen LogP contribution in [0.5, 0.6) is 0 Å². The third kappa shape index (κ3) is 2.95. The first-order valence-corrected chi connectivity index (χ1v) is 7.59. The van der Waals surface area contributed by atoms with Crippen LogP contribution in [-0.4, -0.2) is 47.1 Å². The Labute approximate surface area is 132 Å². The highest BCUT2D eigenvalue weighted by atomic mass is 32.1. The molecular formula is C15H17N3O3S. The number of amides is 1. The fourth-order valence-corrected chi connectivity index (χ4v) is 2.90. The molecule has 1 aromatic heterocycles. The molecule has 2 N–H and O–H groups in total. The van der Waals surface area contributed by atoms with E-state index in [-0.39, 0.29) is 22.3 Å². The summed E-state index contributed by atoms with van der Waals surface area (Å²) in [4.78, 5) is 31.4. The second kappa shape index (κ2) is 6.02. The maximum absolute atomic E-state index is 12.5. The van der Waals surface area contributed by atoms with Crippen LogP contribution in [0.1, 0.15) is 23.2 Å². The molecule has 0 spiro atoms. The minimum atomic E-state index is -0.259. The van der Waals surface area contributed by atoms with Gasteiger partial charge >= 0.3 is 0 Å². The quantitative estimate of drug-likeness (QED) is 0.846. The predicted octanol–water partition coefficient (Wildman–Crippen LogP) is 1.84. The van der Waals surface area contributed by atoms with Crippen molar-refractivity contribution in [1.29, 1.82) is 0 Å². The van der Waals surface area contributed by atoms with Gasteiger partial charge in [0.05, 0.1) is 17.0 Å². The van der Waals surface area contributed by atoms with E-state index in [0.717, 1.165) is 19.4 Å². The lowest BCUT2D eigenvalue weighted by Crippen LogP contribution is -2.34. The number of benzene rings is 1. The van der Waals surface area contributed by atoms with Gasteiger partial charge in [-0.3, -0.25) is 14.6 Å². The van der Waals surface area contributed by atoms with Crippen molar-refractivity contribution < 1.29 is 9.53 Å². The molecule has 1 aliphatic rings. The number of fused-ring (bicyclic) bond motifs is 1. The first-order chi connectivity index (χ1) is 10.5. The van der Waals surface area contributed by atoms with E-state index in [4.69, 9.17) is 17.0 Å². The highest BCUT2D eigenvalue weighted by molar-refractivity contribution is 7.71. The van der Waals surface area contributed by atoms with Crippen LogP contribution in [0.3, 0.4) is 0 Å². The van der Waals surface area contributed by atoms with E-state index in [0.29, 0.717) is 23.0 Å². The van der Waals surface area contributed by atoms with E-state index in [1.165, 1.54) is 0 Å². The predicted molar refractivity (Wildman–Crippen MR) is 85.7 cm³/mol. The molecule has 1 aromatic carbocycles. The summed E-state index contributed by atoms with van der Waals surface area (Å²) in [6.07, 6.45) is 2.14. The number of carbonyl (C=O) groups is 1.